The second-order valence-corrected chi connectivity index (χ2v) is 9.99. The van der Waals surface area contributed by atoms with Crippen molar-refractivity contribution in [3.8, 4) is 33.4 Å². The molecule has 0 aromatic heterocycles. The largest absolute Gasteiger partial charge is 0.0807 e. The zero-order valence-corrected chi connectivity index (χ0v) is 21.7. The molecule has 184 valence electrons. The van der Waals surface area contributed by atoms with E-state index in [1.54, 1.807) is 0 Å². The van der Waals surface area contributed by atoms with Crippen LogP contribution in [-0.4, -0.2) is 0 Å². The normalized spacial score (nSPS) is 13.0. The first kappa shape index (κ1) is 23.2. The lowest BCUT2D eigenvalue weighted by atomic mass is 9.82. The molecule has 0 saturated carbocycles. The van der Waals surface area contributed by atoms with E-state index in [9.17, 15) is 0 Å². The Morgan fingerprint density at radius 2 is 0.846 bits per heavy atom. The van der Waals surface area contributed by atoms with E-state index < -0.39 is 0 Å². The fourth-order valence-electron chi connectivity index (χ4n) is 5.99. The van der Waals surface area contributed by atoms with Crippen LogP contribution >= 0.6 is 0 Å². The highest BCUT2D eigenvalue weighted by Gasteiger charge is 2.20. The fraction of sp³-hybridized carbons (Fsp3) is 0.0256. The van der Waals surface area contributed by atoms with Gasteiger partial charge in [-0.2, -0.15) is 0 Å². The molecule has 0 aliphatic heterocycles. The maximum absolute atomic E-state index is 2.29. The predicted octanol–water partition coefficient (Wildman–Crippen LogP) is 10.9. The highest BCUT2D eigenvalue weighted by molar-refractivity contribution is 6.23. The number of hydrogen-bond donors (Lipinski definition) is 0. The summed E-state index contributed by atoms with van der Waals surface area (Å²) >= 11 is 0. The summed E-state index contributed by atoms with van der Waals surface area (Å²) in [5.74, 6) is 0. The van der Waals surface area contributed by atoms with Crippen molar-refractivity contribution in [1.29, 1.82) is 0 Å². The van der Waals surface area contributed by atoms with E-state index in [0.717, 1.165) is 6.42 Å². The number of benzene rings is 6. The molecule has 0 saturated heterocycles. The van der Waals surface area contributed by atoms with Gasteiger partial charge in [0.15, 0.2) is 0 Å². The summed E-state index contributed by atoms with van der Waals surface area (Å²) in [6.45, 7) is 0. The van der Waals surface area contributed by atoms with Crippen molar-refractivity contribution in [3.63, 3.8) is 0 Å². The zero-order valence-electron chi connectivity index (χ0n) is 21.7. The standard InChI is InChI=1S/C39H28/c1-2-5-17-28(16-4-1)30-20-8-10-22-32(30)38-34-24-12-14-26-36(34)39(37-27-15-13-25-35(37)38)33-23-11-9-21-31(33)29-18-6-3-7-19-29/h1,3-27H,2H2. The summed E-state index contributed by atoms with van der Waals surface area (Å²) in [6.07, 6.45) is 12.1. The van der Waals surface area contributed by atoms with Crippen LogP contribution in [0.25, 0.3) is 60.5 Å². The Labute approximate surface area is 229 Å². The Hall–Kier alpha value is -4.94. The van der Waals surface area contributed by atoms with Crippen molar-refractivity contribution >= 4 is 27.1 Å². The minimum Gasteiger partial charge on any atom is -0.0807 e. The average molecular weight is 497 g/mol. The Bertz CT molecular complexity index is 1860. The molecule has 0 atom stereocenters. The molecule has 0 bridgehead atoms. The SMILES string of the molecule is C1=CCC=CC(c2ccccc2-c2c3ccccc3c(-c3ccccc3-c3ccccc3)c3ccccc23)=C1. The highest BCUT2D eigenvalue weighted by atomic mass is 14.2. The topological polar surface area (TPSA) is 0 Å². The minimum atomic E-state index is 0.962. The van der Waals surface area contributed by atoms with Gasteiger partial charge in [-0.3, -0.25) is 0 Å². The third-order valence-corrected chi connectivity index (χ3v) is 7.70. The van der Waals surface area contributed by atoms with E-state index in [4.69, 9.17) is 0 Å². The zero-order chi connectivity index (χ0) is 26.0. The van der Waals surface area contributed by atoms with Crippen molar-refractivity contribution in [2.24, 2.45) is 0 Å². The van der Waals surface area contributed by atoms with E-state index in [0.29, 0.717) is 0 Å². The summed E-state index contributed by atoms with van der Waals surface area (Å²) in [6, 6.07) is 46.2. The van der Waals surface area contributed by atoms with E-state index in [1.807, 2.05) is 0 Å². The lowest BCUT2D eigenvalue weighted by molar-refractivity contribution is 1.41. The molecule has 0 N–H and O–H groups in total. The first-order valence-corrected chi connectivity index (χ1v) is 13.6. The Balaban J connectivity index is 1.59. The monoisotopic (exact) mass is 496 g/mol. The molecule has 0 heterocycles. The van der Waals surface area contributed by atoms with Gasteiger partial charge in [-0.25, -0.2) is 0 Å². The smallest absolute Gasteiger partial charge is 0.00201 e. The fourth-order valence-corrected chi connectivity index (χ4v) is 5.99. The van der Waals surface area contributed by atoms with Crippen LogP contribution in [0.4, 0.5) is 0 Å². The molecule has 0 radical (unpaired) electrons. The van der Waals surface area contributed by atoms with Crippen LogP contribution in [0.2, 0.25) is 0 Å². The Kier molecular flexibility index (Phi) is 6.00. The van der Waals surface area contributed by atoms with Crippen molar-refractivity contribution < 1.29 is 0 Å². The van der Waals surface area contributed by atoms with Gasteiger partial charge in [0.2, 0.25) is 0 Å². The maximum atomic E-state index is 2.29. The molecule has 0 heteroatoms. The number of allylic oxidation sites excluding steroid dienone is 6. The van der Waals surface area contributed by atoms with Gasteiger partial charge in [-0.15, -0.1) is 0 Å². The molecule has 6 aromatic carbocycles. The summed E-state index contributed by atoms with van der Waals surface area (Å²) in [5.41, 5.74) is 10.1. The molecule has 0 nitrogen and oxygen atoms in total. The molecular weight excluding hydrogens is 468 g/mol. The van der Waals surface area contributed by atoms with E-state index in [2.05, 4.69) is 158 Å². The molecular formula is C39H28. The molecule has 1 aliphatic rings. The van der Waals surface area contributed by atoms with Crippen LogP contribution in [0.1, 0.15) is 12.0 Å². The van der Waals surface area contributed by atoms with Gasteiger partial charge in [-0.05, 0) is 72.5 Å². The van der Waals surface area contributed by atoms with Gasteiger partial charge in [0, 0.05) is 0 Å². The van der Waals surface area contributed by atoms with Crippen LogP contribution in [0.5, 0.6) is 0 Å². The summed E-state index contributed by atoms with van der Waals surface area (Å²) < 4.78 is 0. The van der Waals surface area contributed by atoms with Crippen molar-refractivity contribution in [3.05, 3.63) is 163 Å². The number of rotatable bonds is 4. The lowest BCUT2D eigenvalue weighted by Crippen LogP contribution is -1.94. The van der Waals surface area contributed by atoms with Crippen molar-refractivity contribution in [2.45, 2.75) is 6.42 Å². The Morgan fingerprint density at radius 1 is 0.385 bits per heavy atom. The van der Waals surface area contributed by atoms with Crippen LogP contribution in [0, 0.1) is 0 Å². The lowest BCUT2D eigenvalue weighted by Gasteiger charge is -2.21. The van der Waals surface area contributed by atoms with E-state index in [-0.39, 0.29) is 0 Å². The molecule has 0 amide bonds. The second kappa shape index (κ2) is 10.1. The van der Waals surface area contributed by atoms with E-state index in [1.165, 1.54) is 66.1 Å². The van der Waals surface area contributed by atoms with Crippen molar-refractivity contribution in [2.75, 3.05) is 0 Å². The molecule has 6 aromatic rings. The minimum absolute atomic E-state index is 0.962. The Morgan fingerprint density at radius 3 is 1.44 bits per heavy atom. The van der Waals surface area contributed by atoms with Gasteiger partial charge in [0.25, 0.3) is 0 Å². The average Bonchev–Trinajstić information content (AvgIpc) is 3.30. The van der Waals surface area contributed by atoms with E-state index >= 15 is 0 Å². The molecule has 0 unspecified atom stereocenters. The third-order valence-electron chi connectivity index (χ3n) is 7.70. The molecule has 7 rings (SSSR count). The molecule has 0 spiro atoms. The van der Waals surface area contributed by atoms with Gasteiger partial charge in [0.05, 0.1) is 0 Å². The summed E-state index contributed by atoms with van der Waals surface area (Å²) in [7, 11) is 0. The van der Waals surface area contributed by atoms with Gasteiger partial charge < -0.3 is 0 Å². The van der Waals surface area contributed by atoms with Gasteiger partial charge >= 0.3 is 0 Å². The van der Waals surface area contributed by atoms with Crippen LogP contribution < -0.4 is 0 Å². The predicted molar refractivity (Wildman–Crippen MR) is 169 cm³/mol. The third kappa shape index (κ3) is 4.11. The van der Waals surface area contributed by atoms with Gasteiger partial charge in [0.1, 0.15) is 0 Å². The molecule has 39 heavy (non-hydrogen) atoms. The first-order chi connectivity index (χ1) is 19.4. The van der Waals surface area contributed by atoms with Gasteiger partial charge in [-0.1, -0.05) is 158 Å². The molecule has 0 fully saturated rings. The van der Waals surface area contributed by atoms with Crippen LogP contribution in [0.3, 0.4) is 0 Å². The quantitative estimate of drug-likeness (QED) is 0.213. The number of fused-ring (bicyclic) bond motifs is 2. The van der Waals surface area contributed by atoms with Crippen molar-refractivity contribution in [1.82, 2.24) is 0 Å². The van der Waals surface area contributed by atoms with Crippen LogP contribution in [-0.2, 0) is 0 Å². The molecule has 1 aliphatic carbocycles. The maximum Gasteiger partial charge on any atom is -0.00201 e. The summed E-state index contributed by atoms with van der Waals surface area (Å²) in [5, 5.41) is 5.09. The second-order valence-electron chi connectivity index (χ2n) is 9.99. The first-order valence-electron chi connectivity index (χ1n) is 13.6. The van der Waals surface area contributed by atoms with Crippen LogP contribution in [0.15, 0.2) is 158 Å². The summed E-state index contributed by atoms with van der Waals surface area (Å²) in [4.78, 5) is 0. The highest BCUT2D eigenvalue weighted by Crippen LogP contribution is 2.47. The number of hydrogen-bond acceptors (Lipinski definition) is 0.